The Kier molecular flexibility index (Phi) is 4.56. The van der Waals surface area contributed by atoms with Crippen LogP contribution in [0.15, 0.2) is 60.7 Å². The van der Waals surface area contributed by atoms with Gasteiger partial charge >= 0.3 is 5.97 Å². The monoisotopic (exact) mass is 482 g/mol. The number of aryl methyl sites for hydroxylation is 1. The minimum Gasteiger partial charge on any atom is -0.426 e. The number of anilines is 2. The van der Waals surface area contributed by atoms with Gasteiger partial charge in [0.1, 0.15) is 5.75 Å². The number of carbonyl (C=O) groups is 4. The molecule has 2 aromatic carbocycles. The molecule has 7 heteroatoms. The van der Waals surface area contributed by atoms with E-state index in [1.54, 1.807) is 29.2 Å². The van der Waals surface area contributed by atoms with Crippen molar-refractivity contribution in [2.24, 2.45) is 41.4 Å². The molecular weight excluding hydrogens is 456 g/mol. The summed E-state index contributed by atoms with van der Waals surface area (Å²) < 4.78 is 5.64. The quantitative estimate of drug-likeness (QED) is 0.288. The number of amides is 3. The van der Waals surface area contributed by atoms with Gasteiger partial charge in [-0.25, -0.2) is 4.90 Å². The summed E-state index contributed by atoms with van der Waals surface area (Å²) in [5.41, 5.74) is 2.24. The fraction of sp³-hybridized carbons (Fsp3) is 0.379. The molecule has 2 aromatic rings. The molecule has 7 atom stereocenters. The number of ether oxygens (including phenoxy) is 1. The molecule has 7 nitrogen and oxygen atoms in total. The summed E-state index contributed by atoms with van der Waals surface area (Å²) in [6, 6.07) is 14.2. The molecule has 2 heterocycles. The standard InChI is InChI=1S/C29H26N2O5/c1-15-4-2-5-17(10-15)30-14-16(11-24(30)32)29(35)36-19-7-3-6-18(12-19)31-27(33)25-20-8-9-21(23-13-22(20)23)26(25)28(31)34/h2-10,12,16,20-23,25-26H,11,13-14H2,1H3/t16-,20-,21-,22-,23-,25+,26+/m1/s1. The maximum atomic E-state index is 13.4. The molecule has 0 unspecified atom stereocenters. The van der Waals surface area contributed by atoms with Crippen LogP contribution >= 0.6 is 0 Å². The third-order valence-electron chi connectivity index (χ3n) is 8.73. The number of hydrogen-bond acceptors (Lipinski definition) is 5. The highest BCUT2D eigenvalue weighted by molar-refractivity contribution is 6.22. The first kappa shape index (κ1) is 21.5. The van der Waals surface area contributed by atoms with Crippen LogP contribution in [0, 0.1) is 48.3 Å². The topological polar surface area (TPSA) is 84.0 Å². The van der Waals surface area contributed by atoms with Crippen molar-refractivity contribution in [2.75, 3.05) is 16.3 Å². The van der Waals surface area contributed by atoms with Gasteiger partial charge < -0.3 is 9.64 Å². The van der Waals surface area contributed by atoms with Gasteiger partial charge in [-0.1, -0.05) is 30.4 Å². The molecule has 2 bridgehead atoms. The Bertz CT molecular complexity index is 1330. The summed E-state index contributed by atoms with van der Waals surface area (Å²) in [4.78, 5) is 55.2. The van der Waals surface area contributed by atoms with E-state index in [9.17, 15) is 19.2 Å². The van der Waals surface area contributed by atoms with E-state index in [4.69, 9.17) is 4.74 Å². The van der Waals surface area contributed by atoms with Crippen molar-refractivity contribution in [1.29, 1.82) is 0 Å². The van der Waals surface area contributed by atoms with Crippen LogP contribution in [0.4, 0.5) is 11.4 Å². The lowest BCUT2D eigenvalue weighted by Crippen LogP contribution is -2.40. The molecule has 4 fully saturated rings. The van der Waals surface area contributed by atoms with E-state index in [0.717, 1.165) is 17.7 Å². The fourth-order valence-corrected chi connectivity index (χ4v) is 7.01. The third kappa shape index (κ3) is 3.11. The largest absolute Gasteiger partial charge is 0.426 e. The Morgan fingerprint density at radius 2 is 1.56 bits per heavy atom. The van der Waals surface area contributed by atoms with E-state index < -0.39 is 11.9 Å². The zero-order chi connectivity index (χ0) is 24.7. The van der Waals surface area contributed by atoms with Gasteiger partial charge in [-0.05, 0) is 66.8 Å². The predicted molar refractivity (Wildman–Crippen MR) is 131 cm³/mol. The van der Waals surface area contributed by atoms with Crippen LogP contribution in [0.2, 0.25) is 0 Å². The third-order valence-corrected chi connectivity index (χ3v) is 8.73. The van der Waals surface area contributed by atoms with Crippen molar-refractivity contribution in [3.05, 3.63) is 66.2 Å². The second-order valence-corrected chi connectivity index (χ2v) is 10.8. The lowest BCUT2D eigenvalue weighted by molar-refractivity contribution is -0.139. The molecule has 3 amide bonds. The Morgan fingerprint density at radius 3 is 2.25 bits per heavy atom. The van der Waals surface area contributed by atoms with Crippen molar-refractivity contribution >= 4 is 35.1 Å². The SMILES string of the molecule is Cc1cccc(N2C[C@H](C(=O)Oc3cccc(N4C(=O)[C@H]5[C@@H]6C=C[C@H]([C@H]7C[C@H]67)[C@@H]5C4=O)c3)CC2=O)c1. The van der Waals surface area contributed by atoms with Crippen molar-refractivity contribution < 1.29 is 23.9 Å². The second-order valence-electron chi connectivity index (χ2n) is 10.8. The van der Waals surface area contributed by atoms with Crippen molar-refractivity contribution in [2.45, 2.75) is 19.8 Å². The molecule has 2 saturated heterocycles. The van der Waals surface area contributed by atoms with E-state index >= 15 is 0 Å². The minimum absolute atomic E-state index is 0.0804. The number of benzene rings is 2. The minimum atomic E-state index is -0.590. The second kappa shape index (κ2) is 7.63. The van der Waals surface area contributed by atoms with E-state index in [1.165, 1.54) is 4.90 Å². The summed E-state index contributed by atoms with van der Waals surface area (Å²) in [6.45, 7) is 2.21. The highest BCUT2D eigenvalue weighted by Crippen LogP contribution is 2.65. The van der Waals surface area contributed by atoms with Gasteiger partial charge in [-0.15, -0.1) is 0 Å². The van der Waals surface area contributed by atoms with E-state index in [-0.39, 0.29) is 60.1 Å². The van der Waals surface area contributed by atoms with E-state index in [2.05, 4.69) is 12.2 Å². The highest BCUT2D eigenvalue weighted by atomic mass is 16.5. The normalized spacial score (nSPS) is 33.7. The smallest absolute Gasteiger partial charge is 0.316 e. The van der Waals surface area contributed by atoms with Crippen LogP contribution < -0.4 is 14.5 Å². The van der Waals surface area contributed by atoms with E-state index in [0.29, 0.717) is 17.5 Å². The van der Waals surface area contributed by atoms with Gasteiger partial charge in [0.05, 0.1) is 23.4 Å². The van der Waals surface area contributed by atoms with Gasteiger partial charge in [-0.2, -0.15) is 0 Å². The van der Waals surface area contributed by atoms with Crippen LogP contribution in [0.5, 0.6) is 5.75 Å². The zero-order valence-electron chi connectivity index (χ0n) is 19.9. The Labute approximate surface area is 208 Å². The summed E-state index contributed by atoms with van der Waals surface area (Å²) >= 11 is 0. The van der Waals surface area contributed by atoms with Crippen LogP contribution in [-0.2, 0) is 19.2 Å². The van der Waals surface area contributed by atoms with Crippen LogP contribution in [0.3, 0.4) is 0 Å². The maximum absolute atomic E-state index is 13.4. The lowest BCUT2D eigenvalue weighted by atomic mass is 9.63. The zero-order valence-corrected chi connectivity index (χ0v) is 19.9. The van der Waals surface area contributed by atoms with Crippen molar-refractivity contribution in [1.82, 2.24) is 0 Å². The van der Waals surface area contributed by atoms with Gasteiger partial charge in [0.25, 0.3) is 0 Å². The van der Waals surface area contributed by atoms with Gasteiger partial charge in [0, 0.05) is 24.7 Å². The molecule has 2 aliphatic heterocycles. The highest BCUT2D eigenvalue weighted by Gasteiger charge is 2.67. The number of imide groups is 1. The first-order chi connectivity index (χ1) is 17.4. The number of esters is 1. The van der Waals surface area contributed by atoms with Crippen LogP contribution in [0.25, 0.3) is 0 Å². The summed E-state index contributed by atoms with van der Waals surface area (Å²) in [6.07, 6.45) is 5.50. The van der Waals surface area contributed by atoms with Crippen molar-refractivity contribution in [3.8, 4) is 5.75 Å². The first-order valence-electron chi connectivity index (χ1n) is 12.7. The van der Waals surface area contributed by atoms with Gasteiger partial charge in [-0.3, -0.25) is 19.2 Å². The number of nitrogens with zero attached hydrogens (tertiary/aromatic N) is 2. The summed E-state index contributed by atoms with van der Waals surface area (Å²) in [5.74, 6) is -0.392. The average molecular weight is 483 g/mol. The number of hydrogen-bond donors (Lipinski definition) is 0. The lowest BCUT2D eigenvalue weighted by Gasteiger charge is -2.37. The predicted octanol–water partition coefficient (Wildman–Crippen LogP) is 3.51. The maximum Gasteiger partial charge on any atom is 0.316 e. The van der Waals surface area contributed by atoms with Gasteiger partial charge in [0.2, 0.25) is 17.7 Å². The molecular formula is C29H26N2O5. The first-order valence-corrected chi connectivity index (χ1v) is 12.7. The molecule has 6 aliphatic rings. The van der Waals surface area contributed by atoms with Gasteiger partial charge in [0.15, 0.2) is 0 Å². The number of allylic oxidation sites excluding steroid dienone is 2. The van der Waals surface area contributed by atoms with Crippen molar-refractivity contribution in [3.63, 3.8) is 0 Å². The molecule has 0 radical (unpaired) electrons. The molecule has 0 N–H and O–H groups in total. The van der Waals surface area contributed by atoms with Crippen LogP contribution in [0.1, 0.15) is 18.4 Å². The molecule has 0 spiro atoms. The molecule has 8 rings (SSSR count). The molecule has 4 aliphatic carbocycles. The Balaban J connectivity index is 1.08. The number of rotatable bonds is 4. The summed E-state index contributed by atoms with van der Waals surface area (Å²) in [7, 11) is 0. The average Bonchev–Trinajstić information content (AvgIpc) is 3.54. The molecule has 2 saturated carbocycles. The Hall–Kier alpha value is -3.74. The fourth-order valence-electron chi connectivity index (χ4n) is 7.01. The van der Waals surface area contributed by atoms with E-state index in [1.807, 2.05) is 31.2 Å². The summed E-state index contributed by atoms with van der Waals surface area (Å²) in [5, 5.41) is 0. The number of carbonyl (C=O) groups excluding carboxylic acids is 4. The molecule has 36 heavy (non-hydrogen) atoms. The van der Waals surface area contributed by atoms with Crippen LogP contribution in [-0.4, -0.2) is 30.2 Å². The Morgan fingerprint density at radius 1 is 0.889 bits per heavy atom. The molecule has 182 valence electrons. The molecule has 0 aromatic heterocycles.